The average Bonchev–Trinajstić information content (AvgIpc) is 2.41. The molecule has 19 heavy (non-hydrogen) atoms. The molecule has 1 atom stereocenters. The minimum absolute atomic E-state index is 0.128. The Kier molecular flexibility index (Phi) is 4.56. The fraction of sp³-hybridized carbons (Fsp3) is 0.533. The van der Waals surface area contributed by atoms with Crippen LogP contribution in [0, 0.1) is 0 Å². The molecule has 1 fully saturated rings. The quantitative estimate of drug-likeness (QED) is 0.827. The van der Waals surface area contributed by atoms with Crippen LogP contribution in [-0.2, 0) is 0 Å². The maximum absolute atomic E-state index is 11.5. The molecule has 0 bridgehead atoms. The summed E-state index contributed by atoms with van der Waals surface area (Å²) in [6, 6.07) is 8.46. The van der Waals surface area contributed by atoms with Gasteiger partial charge < -0.3 is 10.2 Å². The lowest BCUT2D eigenvalue weighted by molar-refractivity contribution is 0.101. The number of nitrogens with zero attached hydrogens (tertiary/aromatic N) is 2. The maximum atomic E-state index is 11.5. The first-order valence-corrected chi connectivity index (χ1v) is 6.82. The second kappa shape index (κ2) is 6.17. The number of anilines is 1. The van der Waals surface area contributed by atoms with E-state index >= 15 is 0 Å². The normalized spacial score (nSPS) is 20.6. The van der Waals surface area contributed by atoms with Crippen LogP contribution in [0.15, 0.2) is 24.3 Å². The van der Waals surface area contributed by atoms with Gasteiger partial charge in [0.05, 0.1) is 0 Å². The second-order valence-electron chi connectivity index (χ2n) is 5.24. The van der Waals surface area contributed by atoms with E-state index < -0.39 is 0 Å². The zero-order valence-electron chi connectivity index (χ0n) is 12.0. The van der Waals surface area contributed by atoms with E-state index in [-0.39, 0.29) is 5.78 Å². The standard InChI is InChI=1S/C15H23N3O/c1-12(19)13-5-4-6-14(9-13)18-8-7-17(3)15(11-18)10-16-2/h4-6,9,15-16H,7-8,10-11H2,1-3H3. The maximum Gasteiger partial charge on any atom is 0.159 e. The van der Waals surface area contributed by atoms with Crippen LogP contribution in [0.3, 0.4) is 0 Å². The number of hydrogen-bond acceptors (Lipinski definition) is 4. The number of likely N-dealkylation sites (N-methyl/N-ethyl adjacent to an activating group) is 2. The van der Waals surface area contributed by atoms with Crippen LogP contribution in [0.2, 0.25) is 0 Å². The highest BCUT2D eigenvalue weighted by Crippen LogP contribution is 2.20. The van der Waals surface area contributed by atoms with Gasteiger partial charge in [0.25, 0.3) is 0 Å². The van der Waals surface area contributed by atoms with Gasteiger partial charge in [-0.1, -0.05) is 12.1 Å². The van der Waals surface area contributed by atoms with Crippen molar-refractivity contribution in [2.75, 3.05) is 45.2 Å². The molecule has 4 nitrogen and oxygen atoms in total. The summed E-state index contributed by atoms with van der Waals surface area (Å²) in [6.07, 6.45) is 0. The van der Waals surface area contributed by atoms with E-state index in [9.17, 15) is 4.79 Å². The highest BCUT2D eigenvalue weighted by atomic mass is 16.1. The molecule has 1 aliphatic rings. The summed E-state index contributed by atoms with van der Waals surface area (Å²) < 4.78 is 0. The molecule has 4 heteroatoms. The molecule has 1 aromatic rings. The molecule has 0 spiro atoms. The van der Waals surface area contributed by atoms with Gasteiger partial charge in [0.2, 0.25) is 0 Å². The molecule has 0 amide bonds. The van der Waals surface area contributed by atoms with Crippen LogP contribution in [0.1, 0.15) is 17.3 Å². The first-order valence-electron chi connectivity index (χ1n) is 6.82. The molecule has 1 aromatic carbocycles. The number of rotatable bonds is 4. The summed E-state index contributed by atoms with van der Waals surface area (Å²) in [6.45, 7) is 5.67. The molecule has 1 heterocycles. The largest absolute Gasteiger partial charge is 0.369 e. The first kappa shape index (κ1) is 14.0. The van der Waals surface area contributed by atoms with Crippen molar-refractivity contribution in [2.24, 2.45) is 0 Å². The third-order valence-electron chi connectivity index (χ3n) is 3.83. The van der Waals surface area contributed by atoms with Crippen molar-refractivity contribution in [3.8, 4) is 0 Å². The Bertz CT molecular complexity index is 447. The number of nitrogens with one attached hydrogen (secondary N) is 1. The molecule has 1 aliphatic heterocycles. The molecule has 0 radical (unpaired) electrons. The van der Waals surface area contributed by atoms with E-state index in [1.54, 1.807) is 6.92 Å². The van der Waals surface area contributed by atoms with Crippen molar-refractivity contribution in [2.45, 2.75) is 13.0 Å². The average molecular weight is 261 g/mol. The molecule has 2 rings (SSSR count). The summed E-state index contributed by atoms with van der Waals surface area (Å²) >= 11 is 0. The lowest BCUT2D eigenvalue weighted by atomic mass is 10.1. The van der Waals surface area contributed by atoms with Crippen molar-refractivity contribution in [1.29, 1.82) is 0 Å². The minimum atomic E-state index is 0.128. The SMILES string of the molecule is CNCC1CN(c2cccc(C(C)=O)c2)CCN1C. The molecule has 0 saturated carbocycles. The van der Waals surface area contributed by atoms with Gasteiger partial charge in [-0.15, -0.1) is 0 Å². The molecule has 0 aliphatic carbocycles. The van der Waals surface area contributed by atoms with E-state index in [2.05, 4.69) is 28.2 Å². The predicted molar refractivity (Wildman–Crippen MR) is 79.0 cm³/mol. The lowest BCUT2D eigenvalue weighted by Crippen LogP contribution is -2.54. The third kappa shape index (κ3) is 3.33. The molecular formula is C15H23N3O. The van der Waals surface area contributed by atoms with Gasteiger partial charge in [0.15, 0.2) is 5.78 Å². The Balaban J connectivity index is 2.13. The number of Topliss-reactive ketones (excluding diaryl/α,β-unsaturated/α-hetero) is 1. The van der Waals surface area contributed by atoms with Crippen LogP contribution in [0.25, 0.3) is 0 Å². The van der Waals surface area contributed by atoms with E-state index in [1.807, 2.05) is 25.2 Å². The zero-order valence-corrected chi connectivity index (χ0v) is 12.0. The van der Waals surface area contributed by atoms with Crippen molar-refractivity contribution < 1.29 is 4.79 Å². The van der Waals surface area contributed by atoms with Gasteiger partial charge >= 0.3 is 0 Å². The smallest absolute Gasteiger partial charge is 0.159 e. The number of ketones is 1. The monoisotopic (exact) mass is 261 g/mol. The molecule has 0 aromatic heterocycles. The third-order valence-corrected chi connectivity index (χ3v) is 3.83. The van der Waals surface area contributed by atoms with Crippen molar-refractivity contribution in [1.82, 2.24) is 10.2 Å². The van der Waals surface area contributed by atoms with Gasteiger partial charge in [-0.2, -0.15) is 0 Å². The van der Waals surface area contributed by atoms with Gasteiger partial charge in [0.1, 0.15) is 0 Å². The fourth-order valence-electron chi connectivity index (χ4n) is 2.56. The Hall–Kier alpha value is -1.39. The van der Waals surface area contributed by atoms with E-state index in [0.717, 1.165) is 37.4 Å². The molecule has 104 valence electrons. The molecule has 1 N–H and O–H groups in total. The summed E-state index contributed by atoms with van der Waals surface area (Å²) in [4.78, 5) is 16.2. The summed E-state index contributed by atoms with van der Waals surface area (Å²) in [7, 11) is 4.16. The highest BCUT2D eigenvalue weighted by Gasteiger charge is 2.23. The predicted octanol–water partition coefficient (Wildman–Crippen LogP) is 1.23. The van der Waals surface area contributed by atoms with Crippen molar-refractivity contribution >= 4 is 11.5 Å². The van der Waals surface area contributed by atoms with Gasteiger partial charge in [-0.25, -0.2) is 0 Å². The second-order valence-corrected chi connectivity index (χ2v) is 5.24. The molecule has 1 saturated heterocycles. The van der Waals surface area contributed by atoms with Crippen LogP contribution in [-0.4, -0.2) is 57.0 Å². The summed E-state index contributed by atoms with van der Waals surface area (Å²) in [5.41, 5.74) is 1.95. The van der Waals surface area contributed by atoms with Crippen molar-refractivity contribution in [3.05, 3.63) is 29.8 Å². The van der Waals surface area contributed by atoms with Crippen LogP contribution < -0.4 is 10.2 Å². The highest BCUT2D eigenvalue weighted by molar-refractivity contribution is 5.94. The Morgan fingerprint density at radius 1 is 1.42 bits per heavy atom. The first-order chi connectivity index (χ1) is 9.11. The van der Waals surface area contributed by atoms with Gasteiger partial charge in [0, 0.05) is 43.5 Å². The van der Waals surface area contributed by atoms with E-state index in [1.165, 1.54) is 0 Å². The van der Waals surface area contributed by atoms with Gasteiger partial charge in [-0.3, -0.25) is 9.69 Å². The number of piperazine rings is 1. The van der Waals surface area contributed by atoms with Crippen LogP contribution >= 0.6 is 0 Å². The minimum Gasteiger partial charge on any atom is -0.369 e. The van der Waals surface area contributed by atoms with Crippen molar-refractivity contribution in [3.63, 3.8) is 0 Å². The van der Waals surface area contributed by atoms with Crippen LogP contribution in [0.5, 0.6) is 0 Å². The number of carbonyl (C=O) groups excluding carboxylic acids is 1. The number of carbonyl (C=O) groups is 1. The van der Waals surface area contributed by atoms with E-state index in [4.69, 9.17) is 0 Å². The summed E-state index contributed by atoms with van der Waals surface area (Å²) in [5.74, 6) is 0.128. The molecular weight excluding hydrogens is 238 g/mol. The Morgan fingerprint density at radius 2 is 2.21 bits per heavy atom. The van der Waals surface area contributed by atoms with E-state index in [0.29, 0.717) is 6.04 Å². The topological polar surface area (TPSA) is 35.6 Å². The van der Waals surface area contributed by atoms with Gasteiger partial charge in [-0.05, 0) is 33.2 Å². The zero-order chi connectivity index (χ0) is 13.8. The number of hydrogen-bond donors (Lipinski definition) is 1. The Labute approximate surface area is 115 Å². The lowest BCUT2D eigenvalue weighted by Gasteiger charge is -2.40. The molecule has 1 unspecified atom stereocenters. The Morgan fingerprint density at radius 3 is 2.89 bits per heavy atom. The fourth-order valence-corrected chi connectivity index (χ4v) is 2.56. The van der Waals surface area contributed by atoms with Crippen LogP contribution in [0.4, 0.5) is 5.69 Å². The number of benzene rings is 1. The summed E-state index contributed by atoms with van der Waals surface area (Å²) in [5, 5.41) is 3.25.